The highest BCUT2D eigenvalue weighted by molar-refractivity contribution is 5.81. The molecule has 1 heterocycles. The fraction of sp³-hybridized carbons (Fsp3) is 0.519. The van der Waals surface area contributed by atoms with Crippen molar-refractivity contribution in [3.05, 3.63) is 59.2 Å². The summed E-state index contributed by atoms with van der Waals surface area (Å²) in [5.41, 5.74) is 5.20. The second-order valence-corrected chi connectivity index (χ2v) is 9.23. The van der Waals surface area contributed by atoms with Gasteiger partial charge in [0.1, 0.15) is 5.75 Å². The lowest BCUT2D eigenvalue weighted by Crippen LogP contribution is -2.37. The summed E-state index contributed by atoms with van der Waals surface area (Å²) in [6.07, 6.45) is 7.55. The molecule has 1 saturated heterocycles. The van der Waals surface area contributed by atoms with Crippen molar-refractivity contribution >= 4 is 11.6 Å². The zero-order valence-corrected chi connectivity index (χ0v) is 19.0. The fourth-order valence-corrected chi connectivity index (χ4v) is 4.82. The lowest BCUT2D eigenvalue weighted by Gasteiger charge is -2.32. The predicted octanol–water partition coefficient (Wildman–Crippen LogP) is 5.28. The maximum absolute atomic E-state index is 12.7. The number of benzene rings is 2. The van der Waals surface area contributed by atoms with E-state index in [-0.39, 0.29) is 5.91 Å². The quantitative estimate of drug-likeness (QED) is 0.663. The number of nitrogens with zero attached hydrogens (tertiary/aromatic N) is 1. The molecule has 2 aliphatic rings. The van der Waals surface area contributed by atoms with Gasteiger partial charge in [0.25, 0.3) is 5.91 Å². The molecule has 0 aromatic heterocycles. The van der Waals surface area contributed by atoms with Crippen LogP contribution in [-0.2, 0) is 24.2 Å². The Kier molecular flexibility index (Phi) is 7.16. The molecule has 0 spiro atoms. The van der Waals surface area contributed by atoms with Gasteiger partial charge in [0.15, 0.2) is 6.10 Å². The van der Waals surface area contributed by atoms with E-state index >= 15 is 0 Å². The van der Waals surface area contributed by atoms with Crippen molar-refractivity contribution in [1.29, 1.82) is 0 Å². The van der Waals surface area contributed by atoms with E-state index in [4.69, 9.17) is 4.74 Å². The van der Waals surface area contributed by atoms with Gasteiger partial charge in [0.05, 0.1) is 0 Å². The van der Waals surface area contributed by atoms with Crippen LogP contribution in [-0.4, -0.2) is 25.1 Å². The maximum Gasteiger partial charge on any atom is 0.261 e. The molecule has 2 atom stereocenters. The van der Waals surface area contributed by atoms with Crippen molar-refractivity contribution in [3.63, 3.8) is 0 Å². The van der Waals surface area contributed by atoms with Gasteiger partial charge in [-0.15, -0.1) is 0 Å². The SMILES string of the molecule is CC[C@H](Oc1ccc2c(c1)CCCC2)C(=O)NCc1ccc(N2CCC[C@@H](C)C2)cc1. The highest BCUT2D eigenvalue weighted by atomic mass is 16.5. The van der Waals surface area contributed by atoms with Gasteiger partial charge in [0, 0.05) is 25.3 Å². The topological polar surface area (TPSA) is 41.6 Å². The third kappa shape index (κ3) is 5.61. The number of carbonyl (C=O) groups is 1. The maximum atomic E-state index is 12.7. The van der Waals surface area contributed by atoms with E-state index in [1.165, 1.54) is 42.5 Å². The molecule has 0 unspecified atom stereocenters. The van der Waals surface area contributed by atoms with Crippen LogP contribution in [0.1, 0.15) is 62.6 Å². The van der Waals surface area contributed by atoms with Gasteiger partial charge >= 0.3 is 0 Å². The summed E-state index contributed by atoms with van der Waals surface area (Å²) in [7, 11) is 0. The van der Waals surface area contributed by atoms with Crippen LogP contribution in [0.4, 0.5) is 5.69 Å². The van der Waals surface area contributed by atoms with E-state index in [1.807, 2.05) is 13.0 Å². The molecule has 2 aromatic rings. The Balaban J connectivity index is 1.30. The van der Waals surface area contributed by atoms with Gasteiger partial charge in [-0.1, -0.05) is 32.0 Å². The van der Waals surface area contributed by atoms with E-state index in [1.54, 1.807) is 0 Å². The smallest absolute Gasteiger partial charge is 0.261 e. The predicted molar refractivity (Wildman–Crippen MR) is 127 cm³/mol. The van der Waals surface area contributed by atoms with E-state index in [2.05, 4.69) is 53.5 Å². The first-order chi connectivity index (χ1) is 15.1. The molecular formula is C27H36N2O2. The molecule has 4 nitrogen and oxygen atoms in total. The highest BCUT2D eigenvalue weighted by Gasteiger charge is 2.20. The fourth-order valence-electron chi connectivity index (χ4n) is 4.82. The van der Waals surface area contributed by atoms with Gasteiger partial charge in [-0.3, -0.25) is 4.79 Å². The lowest BCUT2D eigenvalue weighted by molar-refractivity contribution is -0.128. The first-order valence-corrected chi connectivity index (χ1v) is 12.0. The summed E-state index contributed by atoms with van der Waals surface area (Å²) in [6.45, 7) is 7.12. The van der Waals surface area contributed by atoms with Crippen LogP contribution in [0.3, 0.4) is 0 Å². The Labute approximate surface area is 187 Å². The number of hydrogen-bond acceptors (Lipinski definition) is 3. The van der Waals surface area contributed by atoms with Gasteiger partial charge in [-0.2, -0.15) is 0 Å². The van der Waals surface area contributed by atoms with E-state index < -0.39 is 6.10 Å². The highest BCUT2D eigenvalue weighted by Crippen LogP contribution is 2.26. The second-order valence-electron chi connectivity index (χ2n) is 9.23. The molecule has 166 valence electrons. The average Bonchev–Trinajstić information content (AvgIpc) is 2.81. The number of hydrogen-bond donors (Lipinski definition) is 1. The van der Waals surface area contributed by atoms with E-state index in [0.717, 1.165) is 43.2 Å². The lowest BCUT2D eigenvalue weighted by atomic mass is 9.92. The number of amides is 1. The van der Waals surface area contributed by atoms with E-state index in [9.17, 15) is 4.79 Å². The summed E-state index contributed by atoms with van der Waals surface area (Å²) < 4.78 is 6.07. The molecule has 0 radical (unpaired) electrons. The van der Waals surface area contributed by atoms with Gasteiger partial charge in [-0.05, 0) is 91.8 Å². The first kappa shape index (κ1) is 21.7. The Morgan fingerprint density at radius 3 is 2.61 bits per heavy atom. The number of anilines is 1. The first-order valence-electron chi connectivity index (χ1n) is 12.0. The van der Waals surface area contributed by atoms with Crippen LogP contribution in [0.5, 0.6) is 5.75 Å². The van der Waals surface area contributed by atoms with Crippen molar-refractivity contribution in [1.82, 2.24) is 5.32 Å². The largest absolute Gasteiger partial charge is 0.481 e. The standard InChI is InChI=1S/C27H36N2O2/c1-3-26(31-25-15-12-22-8-4-5-9-23(22)17-25)27(30)28-18-21-10-13-24(14-11-21)29-16-6-7-20(2)19-29/h10-15,17,20,26H,3-9,16,18-19H2,1-2H3,(H,28,30)/t20-,26+/m1/s1. The molecule has 0 bridgehead atoms. The van der Waals surface area contributed by atoms with Crippen LogP contribution in [0.15, 0.2) is 42.5 Å². The van der Waals surface area contributed by atoms with Crippen LogP contribution >= 0.6 is 0 Å². The van der Waals surface area contributed by atoms with Gasteiger partial charge in [0.2, 0.25) is 0 Å². The van der Waals surface area contributed by atoms with Crippen molar-refractivity contribution in [2.75, 3.05) is 18.0 Å². The average molecular weight is 421 g/mol. The molecule has 1 aliphatic carbocycles. The number of carbonyl (C=O) groups excluding carboxylic acids is 1. The summed E-state index contributed by atoms with van der Waals surface area (Å²) in [6, 6.07) is 14.9. The number of aryl methyl sites for hydroxylation is 2. The molecule has 31 heavy (non-hydrogen) atoms. The molecule has 0 saturated carbocycles. The van der Waals surface area contributed by atoms with E-state index in [0.29, 0.717) is 13.0 Å². The Hall–Kier alpha value is -2.49. The number of piperidine rings is 1. The minimum absolute atomic E-state index is 0.0471. The van der Waals surface area contributed by atoms with Crippen molar-refractivity contribution < 1.29 is 9.53 Å². The summed E-state index contributed by atoms with van der Waals surface area (Å²) in [5, 5.41) is 3.06. The molecule has 4 heteroatoms. The Morgan fingerprint density at radius 1 is 1.10 bits per heavy atom. The Morgan fingerprint density at radius 2 is 1.87 bits per heavy atom. The number of ether oxygens (including phenoxy) is 1. The van der Waals surface area contributed by atoms with Gasteiger partial charge < -0.3 is 15.0 Å². The van der Waals surface area contributed by atoms with Crippen LogP contribution in [0, 0.1) is 5.92 Å². The van der Waals surface area contributed by atoms with Crippen molar-refractivity contribution in [3.8, 4) is 5.75 Å². The van der Waals surface area contributed by atoms with Crippen LogP contribution < -0.4 is 15.0 Å². The Bertz CT molecular complexity index is 877. The number of fused-ring (bicyclic) bond motifs is 1. The zero-order chi connectivity index (χ0) is 21.6. The van der Waals surface area contributed by atoms with Crippen LogP contribution in [0.25, 0.3) is 0 Å². The molecule has 4 rings (SSSR count). The molecule has 1 aliphatic heterocycles. The molecular weight excluding hydrogens is 384 g/mol. The number of nitrogens with one attached hydrogen (secondary N) is 1. The van der Waals surface area contributed by atoms with Crippen molar-refractivity contribution in [2.45, 2.75) is 71.4 Å². The van der Waals surface area contributed by atoms with Crippen LogP contribution in [0.2, 0.25) is 0 Å². The zero-order valence-electron chi connectivity index (χ0n) is 19.0. The molecule has 1 amide bonds. The third-order valence-corrected chi connectivity index (χ3v) is 6.69. The number of rotatable bonds is 7. The molecule has 2 aromatic carbocycles. The monoisotopic (exact) mass is 420 g/mol. The molecule has 1 fully saturated rings. The minimum atomic E-state index is -0.462. The molecule has 1 N–H and O–H groups in total. The third-order valence-electron chi connectivity index (χ3n) is 6.69. The summed E-state index contributed by atoms with van der Waals surface area (Å²) in [4.78, 5) is 15.2. The summed E-state index contributed by atoms with van der Waals surface area (Å²) in [5.74, 6) is 1.52. The second kappa shape index (κ2) is 10.2. The normalized spacial score (nSPS) is 19.4. The van der Waals surface area contributed by atoms with Crippen molar-refractivity contribution in [2.24, 2.45) is 5.92 Å². The minimum Gasteiger partial charge on any atom is -0.481 e. The summed E-state index contributed by atoms with van der Waals surface area (Å²) >= 11 is 0. The van der Waals surface area contributed by atoms with Gasteiger partial charge in [-0.25, -0.2) is 0 Å².